The molecular formula is C12H28N2O2. The number of aliphatic hydroxyl groups is 1. The number of nitrogens with one attached hydrogen (secondary N) is 1. The first-order valence-corrected chi connectivity index (χ1v) is 6.03. The summed E-state index contributed by atoms with van der Waals surface area (Å²) in [6, 6.07) is 0. The molecule has 0 radical (unpaired) electrons. The van der Waals surface area contributed by atoms with Crippen LogP contribution >= 0.6 is 0 Å². The monoisotopic (exact) mass is 232 g/mol. The molecule has 4 nitrogen and oxygen atoms in total. The molecule has 0 spiro atoms. The van der Waals surface area contributed by atoms with Gasteiger partial charge in [0, 0.05) is 32.3 Å². The topological polar surface area (TPSA) is 44.7 Å². The van der Waals surface area contributed by atoms with Crippen LogP contribution in [-0.2, 0) is 4.74 Å². The van der Waals surface area contributed by atoms with E-state index in [0.29, 0.717) is 19.7 Å². The second-order valence-corrected chi connectivity index (χ2v) is 5.17. The molecule has 0 heterocycles. The fourth-order valence-electron chi connectivity index (χ4n) is 1.39. The largest absolute Gasteiger partial charge is 0.390 e. The number of rotatable bonds is 8. The maximum atomic E-state index is 9.87. The van der Waals surface area contributed by atoms with Gasteiger partial charge in [-0.1, -0.05) is 6.92 Å². The Morgan fingerprint density at radius 1 is 1.38 bits per heavy atom. The lowest BCUT2D eigenvalue weighted by atomic mass is 10.1. The summed E-state index contributed by atoms with van der Waals surface area (Å²) in [5, 5.41) is 13.2. The maximum absolute atomic E-state index is 9.87. The van der Waals surface area contributed by atoms with E-state index in [4.69, 9.17) is 4.74 Å². The number of ether oxygens (including phenoxy) is 1. The molecule has 0 saturated heterocycles. The lowest BCUT2D eigenvalue weighted by molar-refractivity contribution is 0.0874. The van der Waals surface area contributed by atoms with E-state index in [1.807, 2.05) is 0 Å². The highest BCUT2D eigenvalue weighted by atomic mass is 16.5. The van der Waals surface area contributed by atoms with Crippen LogP contribution in [0, 0.1) is 0 Å². The van der Waals surface area contributed by atoms with E-state index in [-0.39, 0.29) is 11.6 Å². The summed E-state index contributed by atoms with van der Waals surface area (Å²) in [6.07, 6.45) is -0.323. The SMILES string of the molecule is CCN(CCOC)CC(O)CNC(C)(C)C. The summed E-state index contributed by atoms with van der Waals surface area (Å²) in [4.78, 5) is 2.19. The van der Waals surface area contributed by atoms with Crippen molar-refractivity contribution in [3.8, 4) is 0 Å². The first-order valence-electron chi connectivity index (χ1n) is 6.03. The van der Waals surface area contributed by atoms with Gasteiger partial charge in [0.1, 0.15) is 0 Å². The number of nitrogens with zero attached hydrogens (tertiary/aromatic N) is 1. The van der Waals surface area contributed by atoms with E-state index in [9.17, 15) is 5.11 Å². The molecule has 0 amide bonds. The van der Waals surface area contributed by atoms with Gasteiger partial charge in [0.15, 0.2) is 0 Å². The predicted molar refractivity (Wildman–Crippen MR) is 67.8 cm³/mol. The lowest BCUT2D eigenvalue weighted by Crippen LogP contribution is -2.45. The van der Waals surface area contributed by atoms with Crippen molar-refractivity contribution in [3.63, 3.8) is 0 Å². The van der Waals surface area contributed by atoms with Crippen molar-refractivity contribution in [2.24, 2.45) is 0 Å². The van der Waals surface area contributed by atoms with Gasteiger partial charge in [-0.25, -0.2) is 0 Å². The Bertz CT molecular complexity index is 169. The van der Waals surface area contributed by atoms with Crippen molar-refractivity contribution in [3.05, 3.63) is 0 Å². The molecule has 4 heteroatoms. The Kier molecular flexibility index (Phi) is 7.93. The fourth-order valence-corrected chi connectivity index (χ4v) is 1.39. The predicted octanol–water partition coefficient (Wildman–Crippen LogP) is 0.704. The summed E-state index contributed by atoms with van der Waals surface area (Å²) in [6.45, 7) is 12.3. The molecule has 0 aromatic rings. The van der Waals surface area contributed by atoms with Gasteiger partial charge < -0.3 is 15.2 Å². The highest BCUT2D eigenvalue weighted by Crippen LogP contribution is 1.99. The molecule has 98 valence electrons. The summed E-state index contributed by atoms with van der Waals surface area (Å²) in [5.74, 6) is 0. The number of β-amino-alcohol motifs (C(OH)–C–C–N with tert-alkyl or cyclic N) is 1. The van der Waals surface area contributed by atoms with Crippen molar-refractivity contribution in [1.29, 1.82) is 0 Å². The van der Waals surface area contributed by atoms with Gasteiger partial charge in [-0.05, 0) is 27.3 Å². The molecule has 0 saturated carbocycles. The van der Waals surface area contributed by atoms with Crippen molar-refractivity contribution in [1.82, 2.24) is 10.2 Å². The number of hydrogen-bond acceptors (Lipinski definition) is 4. The molecule has 0 rings (SSSR count). The Hall–Kier alpha value is -0.160. The van der Waals surface area contributed by atoms with Crippen LogP contribution in [0.15, 0.2) is 0 Å². The van der Waals surface area contributed by atoms with Crippen LogP contribution in [0.1, 0.15) is 27.7 Å². The molecule has 0 aliphatic carbocycles. The molecule has 2 N–H and O–H groups in total. The molecule has 0 fully saturated rings. The smallest absolute Gasteiger partial charge is 0.0791 e. The summed E-state index contributed by atoms with van der Waals surface area (Å²) >= 11 is 0. The van der Waals surface area contributed by atoms with Crippen LogP contribution in [0.5, 0.6) is 0 Å². The van der Waals surface area contributed by atoms with Gasteiger partial charge in [-0.15, -0.1) is 0 Å². The highest BCUT2D eigenvalue weighted by Gasteiger charge is 2.14. The first kappa shape index (κ1) is 15.8. The Balaban J connectivity index is 3.77. The van der Waals surface area contributed by atoms with E-state index < -0.39 is 0 Å². The van der Waals surface area contributed by atoms with Gasteiger partial charge >= 0.3 is 0 Å². The van der Waals surface area contributed by atoms with E-state index in [0.717, 1.165) is 13.1 Å². The number of aliphatic hydroxyl groups excluding tert-OH is 1. The normalized spacial score (nSPS) is 14.4. The van der Waals surface area contributed by atoms with Gasteiger partial charge in [-0.2, -0.15) is 0 Å². The summed E-state index contributed by atoms with van der Waals surface area (Å²) in [5.41, 5.74) is 0.0601. The molecular weight excluding hydrogens is 204 g/mol. The second-order valence-electron chi connectivity index (χ2n) is 5.17. The maximum Gasteiger partial charge on any atom is 0.0791 e. The number of hydrogen-bond donors (Lipinski definition) is 2. The zero-order chi connectivity index (χ0) is 12.6. The van der Waals surface area contributed by atoms with E-state index in [1.54, 1.807) is 7.11 Å². The second kappa shape index (κ2) is 8.01. The van der Waals surface area contributed by atoms with Crippen molar-refractivity contribution < 1.29 is 9.84 Å². The van der Waals surface area contributed by atoms with Crippen LogP contribution < -0.4 is 5.32 Å². The summed E-state index contributed by atoms with van der Waals surface area (Å²) in [7, 11) is 1.70. The fraction of sp³-hybridized carbons (Fsp3) is 1.00. The third-order valence-electron chi connectivity index (χ3n) is 2.40. The Morgan fingerprint density at radius 2 is 2.00 bits per heavy atom. The average Bonchev–Trinajstić information content (AvgIpc) is 2.20. The van der Waals surface area contributed by atoms with Gasteiger partial charge in [-0.3, -0.25) is 4.90 Å². The molecule has 16 heavy (non-hydrogen) atoms. The van der Waals surface area contributed by atoms with E-state index >= 15 is 0 Å². The number of methoxy groups -OCH3 is 1. The minimum atomic E-state index is -0.323. The number of likely N-dealkylation sites (N-methyl/N-ethyl adjacent to an activating group) is 1. The van der Waals surface area contributed by atoms with Crippen molar-refractivity contribution in [2.75, 3.05) is 39.9 Å². The molecule has 1 atom stereocenters. The minimum absolute atomic E-state index is 0.0601. The minimum Gasteiger partial charge on any atom is -0.390 e. The van der Waals surface area contributed by atoms with E-state index in [2.05, 4.69) is 37.9 Å². The molecule has 0 aliphatic heterocycles. The van der Waals surface area contributed by atoms with Gasteiger partial charge in [0.2, 0.25) is 0 Å². The average molecular weight is 232 g/mol. The van der Waals surface area contributed by atoms with E-state index in [1.165, 1.54) is 0 Å². The zero-order valence-corrected chi connectivity index (χ0v) is 11.4. The molecule has 1 unspecified atom stereocenters. The van der Waals surface area contributed by atoms with Gasteiger partial charge in [0.05, 0.1) is 12.7 Å². The highest BCUT2D eigenvalue weighted by molar-refractivity contribution is 4.74. The van der Waals surface area contributed by atoms with Crippen LogP contribution in [0.2, 0.25) is 0 Å². The summed E-state index contributed by atoms with van der Waals surface area (Å²) < 4.78 is 5.03. The standard InChI is InChI=1S/C12H28N2O2/c1-6-14(7-8-16-5)10-11(15)9-13-12(2,3)4/h11,13,15H,6-10H2,1-5H3. The van der Waals surface area contributed by atoms with Crippen molar-refractivity contribution in [2.45, 2.75) is 39.3 Å². The molecule has 0 bridgehead atoms. The van der Waals surface area contributed by atoms with Crippen molar-refractivity contribution >= 4 is 0 Å². The van der Waals surface area contributed by atoms with Crippen LogP contribution in [0.25, 0.3) is 0 Å². The molecule has 0 aliphatic rings. The third-order valence-corrected chi connectivity index (χ3v) is 2.40. The Labute approximate surface area is 100.0 Å². The zero-order valence-electron chi connectivity index (χ0n) is 11.4. The van der Waals surface area contributed by atoms with Gasteiger partial charge in [0.25, 0.3) is 0 Å². The Morgan fingerprint density at radius 3 is 2.44 bits per heavy atom. The molecule has 0 aromatic heterocycles. The quantitative estimate of drug-likeness (QED) is 0.647. The lowest BCUT2D eigenvalue weighted by Gasteiger charge is -2.26. The first-order chi connectivity index (χ1) is 7.39. The van der Waals surface area contributed by atoms with Crippen LogP contribution in [0.4, 0.5) is 0 Å². The van der Waals surface area contributed by atoms with Crippen LogP contribution in [-0.4, -0.2) is 61.5 Å². The van der Waals surface area contributed by atoms with Crippen LogP contribution in [0.3, 0.4) is 0 Å². The molecule has 0 aromatic carbocycles. The third kappa shape index (κ3) is 9.09.